The largest absolute Gasteiger partial charge is 0.497 e. The van der Waals surface area contributed by atoms with E-state index in [9.17, 15) is 22.4 Å². The molecule has 0 saturated carbocycles. The Balaban J connectivity index is 1.57. The summed E-state index contributed by atoms with van der Waals surface area (Å²) in [5.74, 6) is -0.847. The monoisotopic (exact) mass is 438 g/mol. The van der Waals surface area contributed by atoms with Gasteiger partial charge in [-0.15, -0.1) is 0 Å². The molecule has 3 N–H and O–H groups in total. The number of alkyl halides is 3. The van der Waals surface area contributed by atoms with Crippen LogP contribution in [-0.2, 0) is 11.0 Å². The molecular formula is C21H22F4N4O2. The van der Waals surface area contributed by atoms with Crippen molar-refractivity contribution in [2.75, 3.05) is 37.0 Å². The molecule has 1 amide bonds. The van der Waals surface area contributed by atoms with Crippen molar-refractivity contribution in [2.24, 2.45) is 0 Å². The number of nitrogens with zero attached hydrogens (tertiary/aromatic N) is 1. The molecule has 0 spiro atoms. The lowest BCUT2D eigenvalue weighted by Gasteiger charge is -2.22. The molecule has 2 aromatic rings. The molecule has 2 aliphatic rings. The van der Waals surface area contributed by atoms with E-state index in [1.54, 1.807) is 0 Å². The predicted molar refractivity (Wildman–Crippen MR) is 108 cm³/mol. The Morgan fingerprint density at radius 3 is 2.55 bits per heavy atom. The second-order valence-electron chi connectivity index (χ2n) is 7.55. The zero-order valence-corrected chi connectivity index (χ0v) is 16.7. The van der Waals surface area contributed by atoms with Crippen LogP contribution in [0, 0.1) is 5.82 Å². The second kappa shape index (κ2) is 8.35. The number of amides is 1. The van der Waals surface area contributed by atoms with Crippen LogP contribution in [-0.4, -0.2) is 38.7 Å². The summed E-state index contributed by atoms with van der Waals surface area (Å²) in [7, 11) is 1.44. The summed E-state index contributed by atoms with van der Waals surface area (Å²) in [6, 6.07) is 7.37. The number of anilines is 2. The van der Waals surface area contributed by atoms with Crippen LogP contribution in [0.5, 0.6) is 5.75 Å². The minimum Gasteiger partial charge on any atom is -0.497 e. The molecule has 2 saturated heterocycles. The van der Waals surface area contributed by atoms with E-state index in [4.69, 9.17) is 4.74 Å². The summed E-state index contributed by atoms with van der Waals surface area (Å²) in [5, 5.41) is 2.85. The van der Waals surface area contributed by atoms with E-state index in [-0.39, 0.29) is 29.4 Å². The maximum Gasteiger partial charge on any atom is 0.416 e. The molecular weight excluding hydrogens is 416 g/mol. The number of hydrogen-bond acceptors (Lipinski definition) is 5. The van der Waals surface area contributed by atoms with E-state index >= 15 is 0 Å². The Kier molecular flexibility index (Phi) is 5.76. The van der Waals surface area contributed by atoms with Gasteiger partial charge in [0.15, 0.2) is 0 Å². The van der Waals surface area contributed by atoms with E-state index in [1.807, 2.05) is 0 Å². The number of benzene rings is 2. The Bertz CT molecular complexity index is 976. The molecule has 0 radical (unpaired) electrons. The Labute approximate surface area is 176 Å². The van der Waals surface area contributed by atoms with Gasteiger partial charge in [-0.1, -0.05) is 6.07 Å². The van der Waals surface area contributed by atoms with Crippen molar-refractivity contribution in [3.05, 3.63) is 53.3 Å². The van der Waals surface area contributed by atoms with Gasteiger partial charge in [-0.25, -0.2) is 4.39 Å². The fraction of sp³-hybridized carbons (Fsp3) is 0.381. The molecule has 0 aromatic heterocycles. The van der Waals surface area contributed by atoms with E-state index in [0.717, 1.165) is 6.07 Å². The van der Waals surface area contributed by atoms with Crippen LogP contribution in [0.3, 0.4) is 0 Å². The van der Waals surface area contributed by atoms with Crippen LogP contribution in [0.25, 0.3) is 0 Å². The van der Waals surface area contributed by atoms with E-state index in [2.05, 4.69) is 16.2 Å². The van der Waals surface area contributed by atoms with Gasteiger partial charge in [0.25, 0.3) is 0 Å². The zero-order chi connectivity index (χ0) is 22.2. The highest BCUT2D eigenvalue weighted by Gasteiger charge is 2.38. The van der Waals surface area contributed by atoms with E-state index < -0.39 is 29.5 Å². The highest BCUT2D eigenvalue weighted by Crippen LogP contribution is 2.39. The maximum absolute atomic E-state index is 14.1. The van der Waals surface area contributed by atoms with Crippen molar-refractivity contribution < 1.29 is 27.1 Å². The molecule has 0 aliphatic carbocycles. The van der Waals surface area contributed by atoms with Crippen LogP contribution >= 0.6 is 0 Å². The molecule has 2 aromatic carbocycles. The molecule has 166 valence electrons. The van der Waals surface area contributed by atoms with Crippen molar-refractivity contribution in [2.45, 2.75) is 24.6 Å². The van der Waals surface area contributed by atoms with Gasteiger partial charge in [-0.05, 0) is 36.2 Å². The first-order chi connectivity index (χ1) is 14.8. The topological polar surface area (TPSA) is 65.6 Å². The van der Waals surface area contributed by atoms with Crippen LogP contribution in [0.15, 0.2) is 36.4 Å². The standard InChI is InChI=1S/C21H22F4N4O2/c1-31-14-3-5-17(22)19(9-14)28-18-6-7-29(20(18)30)13-2-4-15(12-10-26-27-11-12)16(8-13)21(23,24)25/h2-5,8-9,12,18,26-28H,6-7,10-11H2,1H3. The third kappa shape index (κ3) is 4.31. The molecule has 1 atom stereocenters. The predicted octanol–water partition coefficient (Wildman–Crippen LogP) is 3.26. The Hall–Kier alpha value is -2.85. The number of methoxy groups -OCH3 is 1. The lowest BCUT2D eigenvalue weighted by molar-refractivity contribution is -0.138. The first-order valence-electron chi connectivity index (χ1n) is 9.86. The van der Waals surface area contributed by atoms with Gasteiger partial charge in [0.05, 0.1) is 18.4 Å². The molecule has 10 heteroatoms. The molecule has 31 heavy (non-hydrogen) atoms. The van der Waals surface area contributed by atoms with Gasteiger partial charge in [-0.2, -0.15) is 13.2 Å². The third-order valence-electron chi connectivity index (χ3n) is 5.62. The summed E-state index contributed by atoms with van der Waals surface area (Å²) in [4.78, 5) is 14.2. The summed E-state index contributed by atoms with van der Waals surface area (Å²) in [5.41, 5.74) is 5.40. The average molecular weight is 438 g/mol. The van der Waals surface area contributed by atoms with Gasteiger partial charge >= 0.3 is 6.18 Å². The minimum absolute atomic E-state index is 0.104. The molecule has 2 fully saturated rings. The number of carbonyl (C=O) groups excluding carboxylic acids is 1. The summed E-state index contributed by atoms with van der Waals surface area (Å²) in [6.07, 6.45) is -4.22. The molecule has 1 unspecified atom stereocenters. The number of rotatable bonds is 5. The zero-order valence-electron chi connectivity index (χ0n) is 16.7. The third-order valence-corrected chi connectivity index (χ3v) is 5.62. The second-order valence-corrected chi connectivity index (χ2v) is 7.55. The maximum atomic E-state index is 14.1. The quantitative estimate of drug-likeness (QED) is 0.626. The van der Waals surface area contributed by atoms with Crippen molar-refractivity contribution >= 4 is 17.3 Å². The van der Waals surface area contributed by atoms with Gasteiger partial charge in [-0.3, -0.25) is 15.6 Å². The Morgan fingerprint density at radius 2 is 1.87 bits per heavy atom. The highest BCUT2D eigenvalue weighted by molar-refractivity contribution is 6.01. The molecule has 2 heterocycles. The van der Waals surface area contributed by atoms with Crippen LogP contribution in [0.2, 0.25) is 0 Å². The van der Waals surface area contributed by atoms with Crippen LogP contribution < -0.4 is 25.8 Å². The summed E-state index contributed by atoms with van der Waals surface area (Å²) < 4.78 is 60.4. The van der Waals surface area contributed by atoms with Gasteiger partial charge < -0.3 is 15.0 Å². The van der Waals surface area contributed by atoms with E-state index in [1.165, 1.54) is 42.3 Å². The SMILES string of the molecule is COc1ccc(F)c(NC2CCN(c3ccc(C4CNNC4)c(C(F)(F)F)c3)C2=O)c1. The summed E-state index contributed by atoms with van der Waals surface area (Å²) in [6.45, 7) is 1.01. The van der Waals surface area contributed by atoms with Crippen molar-refractivity contribution in [1.82, 2.24) is 10.9 Å². The van der Waals surface area contributed by atoms with Gasteiger partial charge in [0.2, 0.25) is 5.91 Å². The first kappa shape index (κ1) is 21.4. The fourth-order valence-electron chi connectivity index (χ4n) is 4.00. The lowest BCUT2D eigenvalue weighted by Crippen LogP contribution is -2.34. The number of carbonyl (C=O) groups is 1. The highest BCUT2D eigenvalue weighted by atomic mass is 19.4. The lowest BCUT2D eigenvalue weighted by atomic mass is 9.94. The number of halogens is 4. The molecule has 4 rings (SSSR count). The Morgan fingerprint density at radius 1 is 1.13 bits per heavy atom. The van der Waals surface area contributed by atoms with Crippen LogP contribution in [0.4, 0.5) is 28.9 Å². The smallest absolute Gasteiger partial charge is 0.416 e. The molecule has 2 aliphatic heterocycles. The van der Waals surface area contributed by atoms with Crippen LogP contribution in [0.1, 0.15) is 23.5 Å². The average Bonchev–Trinajstić information content (AvgIpc) is 3.39. The summed E-state index contributed by atoms with van der Waals surface area (Å²) >= 11 is 0. The van der Waals surface area contributed by atoms with Crippen molar-refractivity contribution in [3.63, 3.8) is 0 Å². The van der Waals surface area contributed by atoms with Gasteiger partial charge in [0, 0.05) is 37.3 Å². The molecule has 6 nitrogen and oxygen atoms in total. The number of nitrogens with one attached hydrogen (secondary N) is 3. The van der Waals surface area contributed by atoms with E-state index in [0.29, 0.717) is 25.3 Å². The van der Waals surface area contributed by atoms with Crippen molar-refractivity contribution in [1.29, 1.82) is 0 Å². The van der Waals surface area contributed by atoms with Crippen molar-refractivity contribution in [3.8, 4) is 5.75 Å². The first-order valence-corrected chi connectivity index (χ1v) is 9.86. The number of ether oxygens (including phenoxy) is 1. The van der Waals surface area contributed by atoms with Gasteiger partial charge in [0.1, 0.15) is 17.6 Å². The fourth-order valence-corrected chi connectivity index (χ4v) is 4.00. The number of hydrogen-bond donors (Lipinski definition) is 3. The molecule has 0 bridgehead atoms. The number of hydrazine groups is 1. The minimum atomic E-state index is -4.54. The normalized spacial score (nSPS) is 19.8.